The molecule has 0 fully saturated rings. The Labute approximate surface area is 395 Å². The molecule has 0 saturated carbocycles. The number of hydrogen-bond acceptors (Lipinski definition) is 7. The number of para-hydroxylation sites is 2. The van der Waals surface area contributed by atoms with E-state index in [-0.39, 0.29) is 0 Å². The van der Waals surface area contributed by atoms with Gasteiger partial charge in [-0.3, -0.25) is 24.5 Å². The maximum absolute atomic E-state index is 5.26. The fraction of sp³-hybridized carbons (Fsp3) is 0. The second-order valence-corrected chi connectivity index (χ2v) is 17.4. The van der Waals surface area contributed by atoms with Crippen molar-refractivity contribution in [2.24, 2.45) is 0 Å². The minimum Gasteiger partial charge on any atom is -0.293 e. The van der Waals surface area contributed by atoms with E-state index in [0.717, 1.165) is 138 Å². The smallest absolute Gasteiger partial charge is 0.137 e. The van der Waals surface area contributed by atoms with Crippen molar-refractivity contribution < 1.29 is 0 Å². The third kappa shape index (κ3) is 6.42. The van der Waals surface area contributed by atoms with Crippen LogP contribution in [0.2, 0.25) is 0 Å². The van der Waals surface area contributed by atoms with Crippen LogP contribution >= 0.6 is 0 Å². The summed E-state index contributed by atoms with van der Waals surface area (Å²) in [5, 5.41) is 8.65. The van der Waals surface area contributed by atoms with Gasteiger partial charge in [0.15, 0.2) is 0 Å². The van der Waals surface area contributed by atoms with Gasteiger partial charge in [-0.2, -0.15) is 0 Å². The molecule has 0 aliphatic heterocycles. The molecule has 0 aliphatic carbocycles. The minimum absolute atomic E-state index is 0.810. The van der Waals surface area contributed by atoms with E-state index in [9.17, 15) is 0 Å². The van der Waals surface area contributed by atoms with Crippen molar-refractivity contribution in [3.05, 3.63) is 219 Å². The zero-order valence-electron chi connectivity index (χ0n) is 36.9. The molecule has 0 bridgehead atoms. The molecule has 0 atom stereocenters. The monoisotopic (exact) mass is 880 g/mol. The lowest BCUT2D eigenvalue weighted by Crippen LogP contribution is -1.98. The highest BCUT2D eigenvalue weighted by Gasteiger charge is 2.21. The summed E-state index contributed by atoms with van der Waals surface area (Å²) in [6, 6.07) is 65.3. The number of fused-ring (bicyclic) bond motifs is 10. The molecule has 0 spiro atoms. The van der Waals surface area contributed by atoms with Crippen molar-refractivity contribution >= 4 is 76.2 Å². The predicted molar refractivity (Wildman–Crippen MR) is 280 cm³/mol. The van der Waals surface area contributed by atoms with Crippen molar-refractivity contribution in [1.29, 1.82) is 0 Å². The van der Waals surface area contributed by atoms with E-state index in [2.05, 4.69) is 149 Å². The number of nitrogens with zero attached hydrogens (tertiary/aromatic N) is 8. The third-order valence-corrected chi connectivity index (χ3v) is 13.4. The normalized spacial score (nSPS) is 11.8. The summed E-state index contributed by atoms with van der Waals surface area (Å²) in [7, 11) is 0. The molecule has 0 N–H and O–H groups in total. The second kappa shape index (κ2) is 15.5. The van der Waals surface area contributed by atoms with Gasteiger partial charge in [-0.05, 0) is 108 Å². The average molecular weight is 881 g/mol. The quantitative estimate of drug-likeness (QED) is 0.154. The second-order valence-electron chi connectivity index (χ2n) is 17.4. The molecule has 14 rings (SSSR count). The first-order valence-corrected chi connectivity index (χ1v) is 22.9. The zero-order valence-corrected chi connectivity index (χ0v) is 36.9. The number of pyridine rings is 7. The Hall–Kier alpha value is -9.53. The maximum Gasteiger partial charge on any atom is 0.137 e. The fourth-order valence-electron chi connectivity index (χ4n) is 10.1. The molecule has 8 nitrogen and oxygen atoms in total. The van der Waals surface area contributed by atoms with Crippen LogP contribution < -0.4 is 0 Å². The van der Waals surface area contributed by atoms with E-state index in [0.29, 0.717) is 0 Å². The van der Waals surface area contributed by atoms with Gasteiger partial charge in [-0.1, -0.05) is 91.0 Å². The lowest BCUT2D eigenvalue weighted by Gasteiger charge is -2.13. The predicted octanol–water partition coefficient (Wildman–Crippen LogP) is 14.6. The third-order valence-electron chi connectivity index (χ3n) is 13.4. The SMILES string of the molecule is c1ccc2nc(-c3ccc(-c4ccc5c(c4)c4cc(-c6ccc(-c7ccc8ccccc8n7)cn6)c6ccccc6c4n5-c4ccc(-c5cc6cccnc6c6ncccc56)cn4)nc3)ccc2c1. The van der Waals surface area contributed by atoms with Gasteiger partial charge in [0.05, 0.1) is 55.9 Å². The number of hydrogen-bond donors (Lipinski definition) is 0. The van der Waals surface area contributed by atoms with E-state index in [1.165, 1.54) is 0 Å². The summed E-state index contributed by atoms with van der Waals surface area (Å²) in [4.78, 5) is 34.7. The van der Waals surface area contributed by atoms with Crippen molar-refractivity contribution in [3.63, 3.8) is 0 Å². The average Bonchev–Trinajstić information content (AvgIpc) is 3.76. The Morgan fingerprint density at radius 2 is 0.913 bits per heavy atom. The number of benzene rings is 6. The molecule has 8 aromatic heterocycles. The summed E-state index contributed by atoms with van der Waals surface area (Å²) >= 11 is 0. The van der Waals surface area contributed by atoms with E-state index in [4.69, 9.17) is 29.9 Å². The summed E-state index contributed by atoms with van der Waals surface area (Å²) in [6.45, 7) is 0. The number of rotatable bonds is 6. The Kier molecular flexibility index (Phi) is 8.72. The van der Waals surface area contributed by atoms with Crippen molar-refractivity contribution in [3.8, 4) is 62.0 Å². The molecule has 8 heterocycles. The van der Waals surface area contributed by atoms with Gasteiger partial charge < -0.3 is 0 Å². The van der Waals surface area contributed by atoms with E-state index in [1.54, 1.807) is 0 Å². The van der Waals surface area contributed by atoms with Gasteiger partial charge in [0.25, 0.3) is 0 Å². The summed E-state index contributed by atoms with van der Waals surface area (Å²) in [6.07, 6.45) is 9.49. The molecule has 0 radical (unpaired) electrons. The molecule has 320 valence electrons. The first-order chi connectivity index (χ1) is 34.2. The molecule has 8 heteroatoms. The standard InChI is InChI=1S/C61H36N8/c1-5-15-52-37(9-1)17-24-54(67-52)42-19-23-51(64-35-42)39-21-27-57-49(31-39)50-33-48(56-26-20-43(36-65-56)55-25-18-38-10-2-6-16-53(38)68-55)44-12-3-4-13-46(44)61(50)69(57)58-28-22-41(34-66-58)47-32-40-11-7-29-62-59(40)60-45(47)14-8-30-63-60/h1-36H. The van der Waals surface area contributed by atoms with Crippen LogP contribution in [-0.2, 0) is 0 Å². The summed E-state index contributed by atoms with van der Waals surface area (Å²) < 4.78 is 2.30. The molecule has 14 aromatic rings. The van der Waals surface area contributed by atoms with Crippen LogP contribution in [0, 0.1) is 0 Å². The molecular formula is C61H36N8. The van der Waals surface area contributed by atoms with E-state index in [1.807, 2.05) is 79.5 Å². The first kappa shape index (κ1) is 38.7. The molecule has 0 unspecified atom stereocenters. The van der Waals surface area contributed by atoms with Gasteiger partial charge in [-0.25, -0.2) is 15.0 Å². The van der Waals surface area contributed by atoms with Crippen molar-refractivity contribution in [2.45, 2.75) is 0 Å². The van der Waals surface area contributed by atoms with Crippen LogP contribution in [0.1, 0.15) is 0 Å². The Morgan fingerprint density at radius 1 is 0.319 bits per heavy atom. The van der Waals surface area contributed by atoms with Crippen LogP contribution in [0.4, 0.5) is 0 Å². The molecule has 69 heavy (non-hydrogen) atoms. The van der Waals surface area contributed by atoms with Gasteiger partial charge in [-0.15, -0.1) is 0 Å². The maximum atomic E-state index is 5.26. The van der Waals surface area contributed by atoms with Crippen LogP contribution in [0.5, 0.6) is 0 Å². The summed E-state index contributed by atoms with van der Waals surface area (Å²) in [5.74, 6) is 0.810. The first-order valence-electron chi connectivity index (χ1n) is 22.9. The van der Waals surface area contributed by atoms with Gasteiger partial charge in [0, 0.05) is 96.5 Å². The van der Waals surface area contributed by atoms with Gasteiger partial charge >= 0.3 is 0 Å². The van der Waals surface area contributed by atoms with Crippen LogP contribution in [0.3, 0.4) is 0 Å². The van der Waals surface area contributed by atoms with Crippen molar-refractivity contribution in [2.75, 3.05) is 0 Å². The van der Waals surface area contributed by atoms with E-state index < -0.39 is 0 Å². The lowest BCUT2D eigenvalue weighted by atomic mass is 9.97. The molecule has 0 amide bonds. The Bertz CT molecular complexity index is 4350. The minimum atomic E-state index is 0.810. The van der Waals surface area contributed by atoms with Crippen molar-refractivity contribution in [1.82, 2.24) is 39.5 Å². The van der Waals surface area contributed by atoms with E-state index >= 15 is 0 Å². The molecule has 6 aromatic carbocycles. The molecule has 0 aliphatic rings. The van der Waals surface area contributed by atoms with Crippen LogP contribution in [-0.4, -0.2) is 39.5 Å². The van der Waals surface area contributed by atoms with Crippen LogP contribution in [0.25, 0.3) is 138 Å². The van der Waals surface area contributed by atoms with Crippen LogP contribution in [0.15, 0.2) is 219 Å². The topological polar surface area (TPSA) is 95.2 Å². The highest BCUT2D eigenvalue weighted by Crippen LogP contribution is 2.43. The highest BCUT2D eigenvalue weighted by molar-refractivity contribution is 6.22. The fourth-order valence-corrected chi connectivity index (χ4v) is 10.1. The number of aromatic nitrogens is 8. The Morgan fingerprint density at radius 3 is 1.62 bits per heavy atom. The van der Waals surface area contributed by atoms with Gasteiger partial charge in [0.2, 0.25) is 0 Å². The summed E-state index contributed by atoms with van der Waals surface area (Å²) in [5.41, 5.74) is 15.3. The largest absolute Gasteiger partial charge is 0.293 e. The zero-order chi connectivity index (χ0) is 45.4. The highest BCUT2D eigenvalue weighted by atomic mass is 15.1. The molecular weight excluding hydrogens is 845 g/mol. The molecule has 0 saturated heterocycles. The van der Waals surface area contributed by atoms with Gasteiger partial charge in [0.1, 0.15) is 5.82 Å². The Balaban J connectivity index is 0.934. The lowest BCUT2D eigenvalue weighted by molar-refractivity contribution is 1.08.